The molecule has 0 spiro atoms. The summed E-state index contributed by atoms with van der Waals surface area (Å²) in [6, 6.07) is 11.5. The molecular formula is C27H38N4OS. The summed E-state index contributed by atoms with van der Waals surface area (Å²) in [5.41, 5.74) is 4.29. The first-order chi connectivity index (χ1) is 15.7. The van der Waals surface area contributed by atoms with Crippen molar-refractivity contribution in [2.75, 3.05) is 26.5 Å². The zero-order valence-corrected chi connectivity index (χ0v) is 21.7. The number of imidazole rings is 1. The van der Waals surface area contributed by atoms with E-state index in [4.69, 9.17) is 0 Å². The van der Waals surface area contributed by atoms with Crippen LogP contribution in [0.5, 0.6) is 0 Å². The summed E-state index contributed by atoms with van der Waals surface area (Å²) in [4.78, 5) is 17.2. The third kappa shape index (κ3) is 10.6. The van der Waals surface area contributed by atoms with Gasteiger partial charge in [0, 0.05) is 23.0 Å². The lowest BCUT2D eigenvalue weighted by Crippen LogP contribution is -1.99. The van der Waals surface area contributed by atoms with Gasteiger partial charge in [-0.1, -0.05) is 70.7 Å². The summed E-state index contributed by atoms with van der Waals surface area (Å²) in [6.45, 7) is 14.3. The van der Waals surface area contributed by atoms with Crippen LogP contribution in [0.4, 0.5) is 5.69 Å². The van der Waals surface area contributed by atoms with Gasteiger partial charge in [0.05, 0.1) is 16.9 Å². The highest BCUT2D eigenvalue weighted by Gasteiger charge is 2.07. The van der Waals surface area contributed by atoms with Crippen molar-refractivity contribution in [3.05, 3.63) is 78.0 Å². The second-order valence-corrected chi connectivity index (χ2v) is 9.45. The summed E-state index contributed by atoms with van der Waals surface area (Å²) < 4.78 is 1.96. The first-order valence-corrected chi connectivity index (χ1v) is 12.0. The number of anilines is 1. The molecule has 178 valence electrons. The lowest BCUT2D eigenvalue weighted by molar-refractivity contribution is 0.112. The maximum atomic E-state index is 10.9. The highest BCUT2D eigenvalue weighted by Crippen LogP contribution is 2.26. The molecule has 5 nitrogen and oxygen atoms in total. The molecule has 2 heterocycles. The van der Waals surface area contributed by atoms with Gasteiger partial charge in [-0.2, -0.15) is 0 Å². The maximum absolute atomic E-state index is 10.9. The predicted molar refractivity (Wildman–Crippen MR) is 146 cm³/mol. The highest BCUT2D eigenvalue weighted by molar-refractivity contribution is 8.05. The van der Waals surface area contributed by atoms with E-state index in [1.807, 2.05) is 60.9 Å². The first kappa shape index (κ1) is 28.2. The summed E-state index contributed by atoms with van der Waals surface area (Å²) in [7, 11) is 6.00. The number of nitrogens with one attached hydrogen (secondary N) is 1. The number of hydrogen-bond donors (Lipinski definition) is 1. The van der Waals surface area contributed by atoms with Crippen LogP contribution in [-0.2, 0) is 0 Å². The minimum Gasteiger partial charge on any atom is -0.350 e. The molecule has 2 aromatic heterocycles. The molecular weight excluding hydrogens is 428 g/mol. The quantitative estimate of drug-likeness (QED) is 0.356. The van der Waals surface area contributed by atoms with E-state index in [1.54, 1.807) is 23.7 Å². The van der Waals surface area contributed by atoms with Crippen molar-refractivity contribution in [1.29, 1.82) is 0 Å². The number of carbonyl (C=O) groups is 1. The van der Waals surface area contributed by atoms with Gasteiger partial charge < -0.3 is 10.2 Å². The van der Waals surface area contributed by atoms with E-state index in [9.17, 15) is 4.79 Å². The van der Waals surface area contributed by atoms with Crippen molar-refractivity contribution in [2.24, 2.45) is 5.92 Å². The van der Waals surface area contributed by atoms with Crippen LogP contribution in [-0.4, -0.2) is 41.7 Å². The highest BCUT2D eigenvalue weighted by atomic mass is 32.2. The molecule has 0 bridgehead atoms. The molecule has 0 radical (unpaired) electrons. The van der Waals surface area contributed by atoms with Crippen molar-refractivity contribution in [2.45, 2.75) is 33.6 Å². The first-order valence-electron chi connectivity index (χ1n) is 11.1. The van der Waals surface area contributed by atoms with E-state index in [1.165, 1.54) is 24.6 Å². The van der Waals surface area contributed by atoms with Crippen LogP contribution in [0.1, 0.15) is 44.0 Å². The number of aldehydes is 1. The Morgan fingerprint density at radius 1 is 1.24 bits per heavy atom. The molecule has 1 aromatic carbocycles. The molecule has 3 rings (SSSR count). The summed E-state index contributed by atoms with van der Waals surface area (Å²) >= 11 is 1.44. The molecule has 6 heteroatoms. The Morgan fingerprint density at radius 3 is 2.48 bits per heavy atom. The van der Waals surface area contributed by atoms with Crippen LogP contribution in [0.3, 0.4) is 0 Å². The van der Waals surface area contributed by atoms with Gasteiger partial charge in [0.1, 0.15) is 11.9 Å². The second kappa shape index (κ2) is 15.1. The fraction of sp³-hybridized carbons (Fsp3) is 0.333. The number of fused-ring (bicyclic) bond motifs is 1. The van der Waals surface area contributed by atoms with Gasteiger partial charge >= 0.3 is 0 Å². The fourth-order valence-electron chi connectivity index (χ4n) is 2.91. The third-order valence-electron chi connectivity index (χ3n) is 4.21. The smallest absolute Gasteiger partial charge is 0.150 e. The molecule has 0 saturated heterocycles. The van der Waals surface area contributed by atoms with Crippen molar-refractivity contribution < 1.29 is 4.79 Å². The molecule has 0 aliphatic rings. The third-order valence-corrected chi connectivity index (χ3v) is 4.76. The lowest BCUT2D eigenvalue weighted by atomic mass is 10.1. The van der Waals surface area contributed by atoms with Gasteiger partial charge in [-0.3, -0.25) is 9.20 Å². The summed E-state index contributed by atoms with van der Waals surface area (Å²) in [5, 5.41) is 5.77. The monoisotopic (exact) mass is 466 g/mol. The van der Waals surface area contributed by atoms with Crippen LogP contribution in [0.15, 0.2) is 72.4 Å². The molecule has 0 amide bonds. The zero-order valence-electron chi connectivity index (χ0n) is 20.8. The molecule has 0 saturated carbocycles. The van der Waals surface area contributed by atoms with Gasteiger partial charge in [-0.15, -0.1) is 0 Å². The maximum Gasteiger partial charge on any atom is 0.150 e. The largest absolute Gasteiger partial charge is 0.350 e. The zero-order chi connectivity index (χ0) is 24.8. The SMILES string of the molecule is C=CSC(=C)Nc1cccc(-c2cnc3cc(C=O)ccn23)c1.CCCC(C)C.CN(C)C. The van der Waals surface area contributed by atoms with E-state index in [2.05, 4.69) is 44.2 Å². The van der Waals surface area contributed by atoms with Gasteiger partial charge in [0.25, 0.3) is 0 Å². The van der Waals surface area contributed by atoms with Crippen molar-refractivity contribution in [3.63, 3.8) is 0 Å². The average molecular weight is 467 g/mol. The Balaban J connectivity index is 0.000000460. The number of nitrogens with zero attached hydrogens (tertiary/aromatic N) is 3. The number of carbonyl (C=O) groups excluding carboxylic acids is 1. The minimum atomic E-state index is 0.614. The molecule has 0 fully saturated rings. The van der Waals surface area contributed by atoms with E-state index < -0.39 is 0 Å². The summed E-state index contributed by atoms with van der Waals surface area (Å²) in [6.07, 6.45) is 7.18. The standard InChI is InChI=1S/C18H15N3OS.C6H14.C3H9N/c1-3-23-13(2)20-16-6-4-5-15(10-16)17-11-19-18-9-14(12-22)7-8-21(17)18;1-4-5-6(2)3;1-4(2)3/h3-12,20H,1-2H2;6H,4-5H2,1-3H3;1-3H3. The van der Waals surface area contributed by atoms with E-state index in [0.29, 0.717) is 5.56 Å². The molecule has 0 aliphatic carbocycles. The van der Waals surface area contributed by atoms with Crippen LogP contribution < -0.4 is 5.32 Å². The predicted octanol–water partition coefficient (Wildman–Crippen LogP) is 7.19. The molecule has 1 N–H and O–H groups in total. The van der Waals surface area contributed by atoms with Crippen LogP contribution in [0.25, 0.3) is 16.9 Å². The fourth-order valence-corrected chi connectivity index (χ4v) is 3.29. The van der Waals surface area contributed by atoms with Gasteiger partial charge in [-0.05, 0) is 56.7 Å². The van der Waals surface area contributed by atoms with E-state index in [0.717, 1.165) is 39.8 Å². The second-order valence-electron chi connectivity index (χ2n) is 8.39. The average Bonchev–Trinajstić information content (AvgIpc) is 3.17. The minimum absolute atomic E-state index is 0.614. The van der Waals surface area contributed by atoms with Crippen LogP contribution >= 0.6 is 11.8 Å². The molecule has 0 unspecified atom stereocenters. The van der Waals surface area contributed by atoms with E-state index >= 15 is 0 Å². The number of hydrogen-bond acceptors (Lipinski definition) is 5. The van der Waals surface area contributed by atoms with Crippen molar-refractivity contribution in [3.8, 4) is 11.3 Å². The van der Waals surface area contributed by atoms with Gasteiger partial charge in [0.15, 0.2) is 0 Å². The molecule has 3 aromatic rings. The van der Waals surface area contributed by atoms with Crippen molar-refractivity contribution in [1.82, 2.24) is 14.3 Å². The Kier molecular flexibility index (Phi) is 12.9. The summed E-state index contributed by atoms with van der Waals surface area (Å²) in [5.74, 6) is 0.898. The van der Waals surface area contributed by atoms with E-state index in [-0.39, 0.29) is 0 Å². The number of benzene rings is 1. The molecule has 33 heavy (non-hydrogen) atoms. The Hall–Kier alpha value is -2.83. The van der Waals surface area contributed by atoms with Crippen LogP contribution in [0, 0.1) is 5.92 Å². The van der Waals surface area contributed by atoms with Gasteiger partial charge in [0.2, 0.25) is 0 Å². The number of rotatable bonds is 8. The Morgan fingerprint density at radius 2 is 1.94 bits per heavy atom. The normalized spacial score (nSPS) is 10.2. The number of pyridine rings is 1. The number of thioether (sulfide) groups is 1. The lowest BCUT2D eigenvalue weighted by Gasteiger charge is -2.09. The topological polar surface area (TPSA) is 49.6 Å². The molecule has 0 atom stereocenters. The Labute approximate surface area is 203 Å². The molecule has 0 aliphatic heterocycles. The number of aromatic nitrogens is 2. The van der Waals surface area contributed by atoms with Crippen LogP contribution in [0.2, 0.25) is 0 Å². The van der Waals surface area contributed by atoms with Crippen molar-refractivity contribution >= 4 is 29.4 Å². The Bertz CT molecular complexity index is 1020. The van der Waals surface area contributed by atoms with Gasteiger partial charge in [-0.25, -0.2) is 4.98 Å².